The Hall–Kier alpha value is -1.62. The predicted octanol–water partition coefficient (Wildman–Crippen LogP) is 3.28. The third kappa shape index (κ3) is 3.35. The van der Waals surface area contributed by atoms with Gasteiger partial charge in [-0.25, -0.2) is 4.39 Å². The Balaban J connectivity index is 1.80. The topological polar surface area (TPSA) is 42.0 Å². The summed E-state index contributed by atoms with van der Waals surface area (Å²) < 4.78 is 13.7. The number of rotatable bonds is 3. The van der Waals surface area contributed by atoms with Crippen molar-refractivity contribution in [2.24, 2.45) is 0 Å². The number of nitrogens with zero attached hydrogens (tertiary/aromatic N) is 1. The minimum Gasteiger partial charge on any atom is -0.355 e. The molecule has 21 heavy (non-hydrogen) atoms. The lowest BCUT2D eigenvalue weighted by molar-refractivity contribution is -0.120. The molecule has 1 aromatic heterocycles. The molecule has 0 radical (unpaired) electrons. The summed E-state index contributed by atoms with van der Waals surface area (Å²) in [7, 11) is 0. The quantitative estimate of drug-likeness (QED) is 0.946. The first-order valence-corrected chi connectivity index (χ1v) is 8.21. The summed E-state index contributed by atoms with van der Waals surface area (Å²) >= 11 is 1.58. The molecule has 0 unspecified atom stereocenters. The molecule has 2 heterocycles. The molecule has 3 rings (SSSR count). The van der Waals surface area contributed by atoms with Crippen LogP contribution in [0.4, 0.5) is 4.39 Å². The van der Waals surface area contributed by atoms with E-state index in [4.69, 9.17) is 0 Å². The molecule has 0 bridgehead atoms. The van der Waals surface area contributed by atoms with Crippen LogP contribution in [0, 0.1) is 5.82 Å². The van der Waals surface area contributed by atoms with Crippen LogP contribution < -0.4 is 5.32 Å². The number of amides is 1. The molecule has 1 atom stereocenters. The van der Waals surface area contributed by atoms with E-state index in [9.17, 15) is 9.18 Å². The molecule has 5 heteroatoms. The van der Waals surface area contributed by atoms with Crippen molar-refractivity contribution in [1.29, 1.82) is 0 Å². The molecule has 0 spiro atoms. The highest BCUT2D eigenvalue weighted by molar-refractivity contribution is 7.99. The zero-order chi connectivity index (χ0) is 14.7. The number of carbonyl (C=O) groups is 1. The third-order valence-corrected chi connectivity index (χ3v) is 5.00. The zero-order valence-electron chi connectivity index (χ0n) is 11.6. The van der Waals surface area contributed by atoms with Crippen molar-refractivity contribution in [1.82, 2.24) is 10.3 Å². The van der Waals surface area contributed by atoms with Gasteiger partial charge in [0.15, 0.2) is 0 Å². The van der Waals surface area contributed by atoms with Crippen LogP contribution >= 0.6 is 11.8 Å². The Kier molecular flexibility index (Phi) is 4.39. The fourth-order valence-electron chi connectivity index (χ4n) is 2.60. The van der Waals surface area contributed by atoms with Gasteiger partial charge in [0.1, 0.15) is 5.82 Å². The molecular weight excluding hydrogens is 287 g/mol. The van der Waals surface area contributed by atoms with Crippen LogP contribution in [0.2, 0.25) is 0 Å². The molecule has 1 amide bonds. The minimum atomic E-state index is -0.253. The molecule has 1 fully saturated rings. The molecule has 1 saturated heterocycles. The van der Waals surface area contributed by atoms with Gasteiger partial charge in [0.2, 0.25) is 5.91 Å². The Labute approximate surface area is 127 Å². The van der Waals surface area contributed by atoms with E-state index in [1.165, 1.54) is 12.1 Å². The standard InChI is InChI=1S/C16H17FN2OS/c17-13-8-11-4-3-7-18-15(11)12(9-13)10-21-14-5-1-2-6-19-16(14)20/h3-4,7-9,14H,1-2,5-6,10H2,(H,19,20)/t14-/m1/s1. The summed E-state index contributed by atoms with van der Waals surface area (Å²) in [6.45, 7) is 0.764. The Morgan fingerprint density at radius 1 is 1.38 bits per heavy atom. The highest BCUT2D eigenvalue weighted by Gasteiger charge is 2.21. The first kappa shape index (κ1) is 14.3. The summed E-state index contributed by atoms with van der Waals surface area (Å²) in [4.78, 5) is 16.3. The second kappa shape index (κ2) is 6.43. The van der Waals surface area contributed by atoms with Crippen LogP contribution in [-0.2, 0) is 10.5 Å². The van der Waals surface area contributed by atoms with Crippen LogP contribution in [0.1, 0.15) is 24.8 Å². The van der Waals surface area contributed by atoms with Gasteiger partial charge in [-0.1, -0.05) is 12.5 Å². The predicted molar refractivity (Wildman–Crippen MR) is 83.6 cm³/mol. The number of hydrogen-bond acceptors (Lipinski definition) is 3. The van der Waals surface area contributed by atoms with E-state index in [1.54, 1.807) is 24.0 Å². The van der Waals surface area contributed by atoms with Gasteiger partial charge in [-0.05, 0) is 36.6 Å². The molecular formula is C16H17FN2OS. The Bertz CT molecular complexity index is 662. The molecule has 3 nitrogen and oxygen atoms in total. The van der Waals surface area contributed by atoms with E-state index in [0.29, 0.717) is 5.75 Å². The number of pyridine rings is 1. The van der Waals surface area contributed by atoms with Gasteiger partial charge < -0.3 is 5.32 Å². The fourth-order valence-corrected chi connectivity index (χ4v) is 3.77. The van der Waals surface area contributed by atoms with Crippen LogP contribution in [0.5, 0.6) is 0 Å². The lowest BCUT2D eigenvalue weighted by Gasteiger charge is -2.13. The normalized spacial score (nSPS) is 19.3. The fraction of sp³-hybridized carbons (Fsp3) is 0.375. The number of halogens is 1. The van der Waals surface area contributed by atoms with Crippen molar-refractivity contribution in [3.63, 3.8) is 0 Å². The average Bonchev–Trinajstić information content (AvgIpc) is 2.69. The summed E-state index contributed by atoms with van der Waals surface area (Å²) in [5.74, 6) is 0.450. The monoisotopic (exact) mass is 304 g/mol. The highest BCUT2D eigenvalue weighted by atomic mass is 32.2. The van der Waals surface area contributed by atoms with Gasteiger partial charge in [0, 0.05) is 23.9 Å². The van der Waals surface area contributed by atoms with Gasteiger partial charge in [-0.3, -0.25) is 9.78 Å². The van der Waals surface area contributed by atoms with Crippen molar-refractivity contribution in [2.75, 3.05) is 6.54 Å². The first-order chi connectivity index (χ1) is 10.2. The highest BCUT2D eigenvalue weighted by Crippen LogP contribution is 2.27. The van der Waals surface area contributed by atoms with Gasteiger partial charge in [0.05, 0.1) is 10.8 Å². The van der Waals surface area contributed by atoms with Crippen LogP contribution in [-0.4, -0.2) is 22.7 Å². The summed E-state index contributed by atoms with van der Waals surface area (Å²) in [5.41, 5.74) is 1.67. The van der Waals surface area contributed by atoms with Gasteiger partial charge in [-0.2, -0.15) is 0 Å². The van der Waals surface area contributed by atoms with Crippen molar-refractivity contribution in [3.05, 3.63) is 41.8 Å². The zero-order valence-corrected chi connectivity index (χ0v) is 12.5. The number of hydrogen-bond donors (Lipinski definition) is 1. The van der Waals surface area contributed by atoms with Crippen molar-refractivity contribution in [3.8, 4) is 0 Å². The lowest BCUT2D eigenvalue weighted by atomic mass is 10.1. The molecule has 1 aliphatic heterocycles. The maximum atomic E-state index is 13.7. The SMILES string of the molecule is O=C1NCCCC[C@H]1SCc1cc(F)cc2cccnc12. The summed E-state index contributed by atoms with van der Waals surface area (Å²) in [6.07, 6.45) is 4.69. The Morgan fingerprint density at radius 2 is 2.29 bits per heavy atom. The van der Waals surface area contributed by atoms with Gasteiger partial charge in [-0.15, -0.1) is 11.8 Å². The Morgan fingerprint density at radius 3 is 3.19 bits per heavy atom. The molecule has 0 aliphatic carbocycles. The minimum absolute atomic E-state index is 0.0467. The molecule has 1 N–H and O–H groups in total. The van der Waals surface area contributed by atoms with E-state index in [1.807, 2.05) is 6.07 Å². The van der Waals surface area contributed by atoms with E-state index < -0.39 is 0 Å². The van der Waals surface area contributed by atoms with E-state index in [-0.39, 0.29) is 17.0 Å². The number of aromatic nitrogens is 1. The lowest BCUT2D eigenvalue weighted by Crippen LogP contribution is -2.30. The number of nitrogens with one attached hydrogen (secondary N) is 1. The van der Waals surface area contributed by atoms with Gasteiger partial charge in [0.25, 0.3) is 0 Å². The van der Waals surface area contributed by atoms with Crippen molar-refractivity contribution >= 4 is 28.6 Å². The second-order valence-electron chi connectivity index (χ2n) is 5.23. The molecule has 1 aliphatic rings. The summed E-state index contributed by atoms with van der Waals surface area (Å²) in [5, 5.41) is 3.69. The van der Waals surface area contributed by atoms with Crippen LogP contribution in [0.3, 0.4) is 0 Å². The third-order valence-electron chi connectivity index (χ3n) is 3.67. The van der Waals surface area contributed by atoms with Crippen LogP contribution in [0.25, 0.3) is 10.9 Å². The van der Waals surface area contributed by atoms with E-state index >= 15 is 0 Å². The number of thioether (sulfide) groups is 1. The summed E-state index contributed by atoms with van der Waals surface area (Å²) in [6, 6.07) is 6.68. The number of carbonyl (C=O) groups excluding carboxylic acids is 1. The second-order valence-corrected chi connectivity index (χ2v) is 6.42. The number of fused-ring (bicyclic) bond motifs is 1. The van der Waals surface area contributed by atoms with Crippen molar-refractivity contribution < 1.29 is 9.18 Å². The van der Waals surface area contributed by atoms with Gasteiger partial charge >= 0.3 is 0 Å². The molecule has 1 aromatic carbocycles. The number of benzene rings is 1. The maximum Gasteiger partial charge on any atom is 0.233 e. The molecule has 110 valence electrons. The first-order valence-electron chi connectivity index (χ1n) is 7.16. The van der Waals surface area contributed by atoms with Crippen molar-refractivity contribution in [2.45, 2.75) is 30.3 Å². The largest absolute Gasteiger partial charge is 0.355 e. The molecule has 0 saturated carbocycles. The smallest absolute Gasteiger partial charge is 0.233 e. The maximum absolute atomic E-state index is 13.7. The van der Waals surface area contributed by atoms with E-state index in [0.717, 1.165) is 42.3 Å². The van der Waals surface area contributed by atoms with E-state index in [2.05, 4.69) is 10.3 Å². The van der Waals surface area contributed by atoms with Crippen LogP contribution in [0.15, 0.2) is 30.5 Å². The average molecular weight is 304 g/mol. The molecule has 2 aromatic rings.